The maximum absolute atomic E-state index is 10.6. The average molecular weight is 283 g/mol. The summed E-state index contributed by atoms with van der Waals surface area (Å²) in [6, 6.07) is 6.12. The van der Waals surface area contributed by atoms with E-state index < -0.39 is 11.2 Å². The number of hydrogen-bond acceptors (Lipinski definition) is 6. The minimum atomic E-state index is -0.568. The van der Waals surface area contributed by atoms with E-state index in [2.05, 4.69) is 0 Å². The number of nitro benzene ring substituents is 1. The summed E-state index contributed by atoms with van der Waals surface area (Å²) < 4.78 is 21.8. The SMILES string of the molecule is O=[N+]([O-])c1ccc(C2OCCOCCOCCO2)cc1. The van der Waals surface area contributed by atoms with Gasteiger partial charge in [-0.3, -0.25) is 10.1 Å². The first-order valence-corrected chi connectivity index (χ1v) is 6.40. The standard InChI is InChI=1S/C13H17NO6/c15-14(16)12-3-1-11(2-4-12)13-19-9-7-17-5-6-18-8-10-20-13/h1-4,13H,5-10H2. The molecule has 7 heteroatoms. The minimum Gasteiger partial charge on any atom is -0.377 e. The van der Waals surface area contributed by atoms with E-state index in [0.29, 0.717) is 39.6 Å². The van der Waals surface area contributed by atoms with Gasteiger partial charge in [0.1, 0.15) is 0 Å². The van der Waals surface area contributed by atoms with Gasteiger partial charge in [0, 0.05) is 17.7 Å². The lowest BCUT2D eigenvalue weighted by atomic mass is 10.2. The first-order chi connectivity index (χ1) is 9.77. The zero-order chi connectivity index (χ0) is 14.2. The Hall–Kier alpha value is -1.54. The molecule has 1 fully saturated rings. The molecule has 110 valence electrons. The van der Waals surface area contributed by atoms with Gasteiger partial charge in [0.25, 0.3) is 5.69 Å². The predicted octanol–water partition coefficient (Wildman–Crippen LogP) is 1.67. The summed E-state index contributed by atoms with van der Waals surface area (Å²) in [7, 11) is 0. The highest BCUT2D eigenvalue weighted by Crippen LogP contribution is 2.22. The molecule has 0 unspecified atom stereocenters. The molecule has 0 saturated carbocycles. The lowest BCUT2D eigenvalue weighted by molar-refractivity contribution is -0.384. The van der Waals surface area contributed by atoms with E-state index in [-0.39, 0.29) is 5.69 Å². The van der Waals surface area contributed by atoms with Crippen LogP contribution in [0.4, 0.5) is 5.69 Å². The molecule has 1 aromatic carbocycles. The van der Waals surface area contributed by atoms with Crippen molar-refractivity contribution in [2.45, 2.75) is 6.29 Å². The second-order valence-corrected chi connectivity index (χ2v) is 4.15. The molecule has 1 heterocycles. The number of non-ortho nitro benzene ring substituents is 1. The Bertz CT molecular complexity index is 409. The van der Waals surface area contributed by atoms with Crippen molar-refractivity contribution in [2.75, 3.05) is 39.6 Å². The normalized spacial score (nSPS) is 19.2. The van der Waals surface area contributed by atoms with Crippen LogP contribution < -0.4 is 0 Å². The molecule has 1 aromatic rings. The molecular formula is C13H17NO6. The van der Waals surface area contributed by atoms with Crippen molar-refractivity contribution in [3.05, 3.63) is 39.9 Å². The fourth-order valence-corrected chi connectivity index (χ4v) is 1.74. The number of nitrogens with zero attached hydrogens (tertiary/aromatic N) is 1. The number of ether oxygens (including phenoxy) is 4. The first-order valence-electron chi connectivity index (χ1n) is 6.40. The number of hydrogen-bond donors (Lipinski definition) is 0. The van der Waals surface area contributed by atoms with Crippen LogP contribution in [0.15, 0.2) is 24.3 Å². The molecule has 1 aliphatic heterocycles. The second-order valence-electron chi connectivity index (χ2n) is 4.15. The van der Waals surface area contributed by atoms with Crippen molar-refractivity contribution >= 4 is 5.69 Å². The molecule has 0 amide bonds. The van der Waals surface area contributed by atoms with Gasteiger partial charge in [-0.1, -0.05) is 0 Å². The Kier molecular flexibility index (Phi) is 5.87. The van der Waals surface area contributed by atoms with E-state index in [1.807, 2.05) is 0 Å². The van der Waals surface area contributed by atoms with Crippen LogP contribution in [0.1, 0.15) is 11.9 Å². The van der Waals surface area contributed by atoms with Crippen LogP contribution in [0.25, 0.3) is 0 Å². The fraction of sp³-hybridized carbons (Fsp3) is 0.538. The molecule has 0 bridgehead atoms. The molecule has 0 aromatic heterocycles. The summed E-state index contributed by atoms with van der Waals surface area (Å²) in [5.41, 5.74) is 0.770. The molecule has 0 atom stereocenters. The van der Waals surface area contributed by atoms with E-state index in [1.165, 1.54) is 12.1 Å². The Balaban J connectivity index is 2.00. The first kappa shape index (κ1) is 14.9. The van der Waals surface area contributed by atoms with E-state index in [1.54, 1.807) is 12.1 Å². The zero-order valence-electron chi connectivity index (χ0n) is 11.0. The third-order valence-corrected chi connectivity index (χ3v) is 2.74. The molecule has 0 radical (unpaired) electrons. The Labute approximate surface area is 116 Å². The third-order valence-electron chi connectivity index (χ3n) is 2.74. The molecule has 0 spiro atoms. The van der Waals surface area contributed by atoms with Crippen LogP contribution in [0.5, 0.6) is 0 Å². The summed E-state index contributed by atoms with van der Waals surface area (Å²) in [5.74, 6) is 0. The van der Waals surface area contributed by atoms with Crippen LogP contribution >= 0.6 is 0 Å². The molecule has 7 nitrogen and oxygen atoms in total. The smallest absolute Gasteiger partial charge is 0.269 e. The molecule has 1 aliphatic rings. The topological polar surface area (TPSA) is 80.1 Å². The van der Waals surface area contributed by atoms with Crippen molar-refractivity contribution in [1.82, 2.24) is 0 Å². The number of nitro groups is 1. The average Bonchev–Trinajstić information content (AvgIpc) is 2.52. The number of rotatable bonds is 2. The lowest BCUT2D eigenvalue weighted by Crippen LogP contribution is -2.14. The predicted molar refractivity (Wildman–Crippen MR) is 69.4 cm³/mol. The van der Waals surface area contributed by atoms with Crippen molar-refractivity contribution in [2.24, 2.45) is 0 Å². The largest absolute Gasteiger partial charge is 0.377 e. The quantitative estimate of drug-likeness (QED) is 0.606. The van der Waals surface area contributed by atoms with Gasteiger partial charge in [0.15, 0.2) is 6.29 Å². The summed E-state index contributed by atoms with van der Waals surface area (Å²) in [6.07, 6.45) is -0.568. The maximum Gasteiger partial charge on any atom is 0.269 e. The van der Waals surface area contributed by atoms with Crippen LogP contribution in [-0.4, -0.2) is 44.6 Å². The van der Waals surface area contributed by atoms with Crippen molar-refractivity contribution in [3.8, 4) is 0 Å². The third kappa shape index (κ3) is 4.53. The zero-order valence-corrected chi connectivity index (χ0v) is 11.0. The van der Waals surface area contributed by atoms with Gasteiger partial charge in [0.05, 0.1) is 44.6 Å². The van der Waals surface area contributed by atoms with Gasteiger partial charge >= 0.3 is 0 Å². The lowest BCUT2D eigenvalue weighted by Gasteiger charge is -2.18. The van der Waals surface area contributed by atoms with Crippen molar-refractivity contribution in [1.29, 1.82) is 0 Å². The van der Waals surface area contributed by atoms with Crippen LogP contribution in [-0.2, 0) is 18.9 Å². The summed E-state index contributed by atoms with van der Waals surface area (Å²) in [4.78, 5) is 10.2. The number of benzene rings is 1. The molecule has 0 N–H and O–H groups in total. The van der Waals surface area contributed by atoms with Gasteiger partial charge in [-0.15, -0.1) is 0 Å². The minimum absolute atomic E-state index is 0.0390. The van der Waals surface area contributed by atoms with E-state index in [9.17, 15) is 10.1 Å². The molecular weight excluding hydrogens is 266 g/mol. The van der Waals surface area contributed by atoms with Crippen LogP contribution in [0, 0.1) is 10.1 Å². The molecule has 2 rings (SSSR count). The highest BCUT2D eigenvalue weighted by atomic mass is 16.7. The summed E-state index contributed by atoms with van der Waals surface area (Å²) in [6.45, 7) is 2.76. The van der Waals surface area contributed by atoms with Gasteiger partial charge in [-0.2, -0.15) is 0 Å². The monoisotopic (exact) mass is 283 g/mol. The Morgan fingerprint density at radius 1 is 0.900 bits per heavy atom. The van der Waals surface area contributed by atoms with E-state index >= 15 is 0 Å². The van der Waals surface area contributed by atoms with Gasteiger partial charge in [-0.25, -0.2) is 0 Å². The summed E-state index contributed by atoms with van der Waals surface area (Å²) >= 11 is 0. The fourth-order valence-electron chi connectivity index (χ4n) is 1.74. The highest BCUT2D eigenvalue weighted by Gasteiger charge is 2.15. The molecule has 20 heavy (non-hydrogen) atoms. The Morgan fingerprint density at radius 3 is 1.90 bits per heavy atom. The van der Waals surface area contributed by atoms with E-state index in [4.69, 9.17) is 18.9 Å². The van der Waals surface area contributed by atoms with Gasteiger partial charge in [0.2, 0.25) is 0 Å². The van der Waals surface area contributed by atoms with Crippen LogP contribution in [0.2, 0.25) is 0 Å². The van der Waals surface area contributed by atoms with Gasteiger partial charge in [-0.05, 0) is 12.1 Å². The van der Waals surface area contributed by atoms with Gasteiger partial charge < -0.3 is 18.9 Å². The highest BCUT2D eigenvalue weighted by molar-refractivity contribution is 5.33. The molecule has 0 aliphatic carbocycles. The summed E-state index contributed by atoms with van der Waals surface area (Å²) in [5, 5.41) is 10.6. The maximum atomic E-state index is 10.6. The van der Waals surface area contributed by atoms with Crippen molar-refractivity contribution in [3.63, 3.8) is 0 Å². The van der Waals surface area contributed by atoms with Crippen LogP contribution in [0.3, 0.4) is 0 Å². The Morgan fingerprint density at radius 2 is 1.40 bits per heavy atom. The van der Waals surface area contributed by atoms with E-state index in [0.717, 1.165) is 5.56 Å². The van der Waals surface area contributed by atoms with Crippen molar-refractivity contribution < 1.29 is 23.9 Å². The molecule has 1 saturated heterocycles. The second kappa shape index (κ2) is 7.91.